The minimum Gasteiger partial charge on any atom is -0.453 e. The zero-order chi connectivity index (χ0) is 13.1. The second-order valence-corrected chi connectivity index (χ2v) is 5.91. The Balaban J connectivity index is 1.93. The predicted molar refractivity (Wildman–Crippen MR) is 73.7 cm³/mol. The van der Waals surface area contributed by atoms with Gasteiger partial charge in [0.1, 0.15) is 0 Å². The summed E-state index contributed by atoms with van der Waals surface area (Å²) in [5.41, 5.74) is 5.49. The minimum atomic E-state index is 0.368. The third kappa shape index (κ3) is 1.42. The highest BCUT2D eigenvalue weighted by Crippen LogP contribution is 2.49. The number of ether oxygens (including phenoxy) is 2. The van der Waals surface area contributed by atoms with Gasteiger partial charge in [0, 0.05) is 17.6 Å². The lowest BCUT2D eigenvalue weighted by Crippen LogP contribution is -2.44. The van der Waals surface area contributed by atoms with Crippen molar-refractivity contribution in [2.24, 2.45) is 0 Å². The Kier molecular flexibility index (Phi) is 2.25. The number of likely N-dealkylation sites (N-methyl/N-ethyl adjacent to an activating group) is 1. The summed E-state index contributed by atoms with van der Waals surface area (Å²) in [6.45, 7) is 4.73. The maximum atomic E-state index is 5.75. The normalized spacial score (nSPS) is 28.1. The van der Waals surface area contributed by atoms with E-state index in [2.05, 4.69) is 37.9 Å². The average Bonchev–Trinajstić information content (AvgIpc) is 2.85. The van der Waals surface area contributed by atoms with Gasteiger partial charge < -0.3 is 9.47 Å². The number of benzene rings is 1. The van der Waals surface area contributed by atoms with Crippen LogP contribution in [0.1, 0.15) is 36.1 Å². The molecule has 1 aromatic carbocycles. The molecule has 2 bridgehead atoms. The molecule has 0 saturated carbocycles. The Morgan fingerprint density at radius 3 is 2.79 bits per heavy atom. The van der Waals surface area contributed by atoms with Crippen molar-refractivity contribution in [2.75, 3.05) is 13.8 Å². The fraction of sp³-hybridized carbons (Fsp3) is 0.500. The highest BCUT2D eigenvalue weighted by molar-refractivity contribution is 5.59. The molecular weight excluding hydrogens is 238 g/mol. The van der Waals surface area contributed by atoms with Crippen LogP contribution < -0.4 is 9.47 Å². The van der Waals surface area contributed by atoms with Crippen LogP contribution >= 0.6 is 0 Å². The van der Waals surface area contributed by atoms with Crippen molar-refractivity contribution in [3.63, 3.8) is 0 Å². The lowest BCUT2D eigenvalue weighted by molar-refractivity contribution is 0.157. The van der Waals surface area contributed by atoms with Gasteiger partial charge in [-0.1, -0.05) is 17.7 Å². The van der Waals surface area contributed by atoms with Gasteiger partial charge in [-0.25, -0.2) is 0 Å². The SMILES string of the molecule is CC1=CCC2c3cc(C)c4c(c3CC1N2C)OCO4. The fourth-order valence-corrected chi connectivity index (χ4v) is 3.80. The molecule has 2 unspecified atom stereocenters. The number of hydrogen-bond donors (Lipinski definition) is 0. The molecule has 3 aliphatic heterocycles. The number of hydrogen-bond acceptors (Lipinski definition) is 3. The molecule has 0 radical (unpaired) electrons. The smallest absolute Gasteiger partial charge is 0.231 e. The molecule has 0 aliphatic carbocycles. The van der Waals surface area contributed by atoms with E-state index in [9.17, 15) is 0 Å². The first-order chi connectivity index (χ1) is 9.16. The van der Waals surface area contributed by atoms with Crippen molar-refractivity contribution < 1.29 is 9.47 Å². The van der Waals surface area contributed by atoms with Crippen molar-refractivity contribution in [3.05, 3.63) is 34.4 Å². The number of rotatable bonds is 0. The van der Waals surface area contributed by atoms with Crippen molar-refractivity contribution in [1.29, 1.82) is 0 Å². The van der Waals surface area contributed by atoms with Crippen LogP contribution in [0.15, 0.2) is 17.7 Å². The van der Waals surface area contributed by atoms with Crippen LogP contribution in [-0.4, -0.2) is 24.8 Å². The zero-order valence-electron chi connectivity index (χ0n) is 11.7. The highest BCUT2D eigenvalue weighted by atomic mass is 16.7. The first-order valence-corrected chi connectivity index (χ1v) is 6.97. The van der Waals surface area contributed by atoms with Crippen molar-refractivity contribution in [2.45, 2.75) is 38.8 Å². The summed E-state index contributed by atoms with van der Waals surface area (Å²) < 4.78 is 11.4. The molecule has 0 fully saturated rings. The molecule has 3 heterocycles. The topological polar surface area (TPSA) is 21.7 Å². The largest absolute Gasteiger partial charge is 0.453 e. The second kappa shape index (κ2) is 3.76. The summed E-state index contributed by atoms with van der Waals surface area (Å²) in [6.07, 6.45) is 4.54. The third-order valence-corrected chi connectivity index (χ3v) is 4.89. The standard InChI is InChI=1S/C16H19NO2/c1-9-4-5-13-11-6-10(2)15-16(19-8-18-15)12(11)7-14(9)17(13)3/h4,6,13-14H,5,7-8H2,1-3H3. The molecule has 0 spiro atoms. The molecule has 2 atom stereocenters. The lowest BCUT2D eigenvalue weighted by Gasteiger charge is -2.44. The third-order valence-electron chi connectivity index (χ3n) is 4.89. The molecule has 0 amide bonds. The Labute approximate surface area is 113 Å². The van der Waals surface area contributed by atoms with E-state index in [0.717, 1.165) is 24.3 Å². The minimum absolute atomic E-state index is 0.368. The van der Waals surface area contributed by atoms with Crippen LogP contribution in [-0.2, 0) is 6.42 Å². The van der Waals surface area contributed by atoms with Gasteiger partial charge in [0.2, 0.25) is 6.79 Å². The molecule has 3 nitrogen and oxygen atoms in total. The van der Waals surface area contributed by atoms with Gasteiger partial charge in [0.05, 0.1) is 0 Å². The van der Waals surface area contributed by atoms with Crippen molar-refractivity contribution >= 4 is 0 Å². The first kappa shape index (κ1) is 11.4. The molecule has 3 heteroatoms. The number of fused-ring (bicyclic) bond motifs is 6. The van der Waals surface area contributed by atoms with Gasteiger partial charge >= 0.3 is 0 Å². The second-order valence-electron chi connectivity index (χ2n) is 5.91. The van der Waals surface area contributed by atoms with E-state index in [4.69, 9.17) is 9.47 Å². The van der Waals surface area contributed by atoms with E-state index in [0.29, 0.717) is 18.9 Å². The summed E-state index contributed by atoms with van der Waals surface area (Å²) in [7, 11) is 2.24. The molecule has 0 aromatic heterocycles. The Bertz CT molecular complexity index is 591. The molecule has 19 heavy (non-hydrogen) atoms. The number of aryl methyl sites for hydroxylation is 1. The van der Waals surface area contributed by atoms with Crippen LogP contribution in [0.3, 0.4) is 0 Å². The summed E-state index contributed by atoms with van der Waals surface area (Å²) in [6, 6.07) is 3.31. The molecule has 3 aliphatic rings. The molecule has 100 valence electrons. The monoisotopic (exact) mass is 257 g/mol. The summed E-state index contributed by atoms with van der Waals surface area (Å²) in [5.74, 6) is 1.97. The summed E-state index contributed by atoms with van der Waals surface area (Å²) in [4.78, 5) is 2.51. The van der Waals surface area contributed by atoms with Crippen molar-refractivity contribution in [3.8, 4) is 11.5 Å². The quantitative estimate of drug-likeness (QED) is 0.667. The van der Waals surface area contributed by atoms with Crippen molar-refractivity contribution in [1.82, 2.24) is 4.90 Å². The Hall–Kier alpha value is -1.48. The molecule has 1 aromatic rings. The zero-order valence-corrected chi connectivity index (χ0v) is 11.7. The van der Waals surface area contributed by atoms with Gasteiger partial charge in [-0.05, 0) is 44.9 Å². The lowest BCUT2D eigenvalue weighted by atomic mass is 9.79. The average molecular weight is 257 g/mol. The van der Waals surface area contributed by atoms with Crippen LogP contribution in [0.4, 0.5) is 0 Å². The molecular formula is C16H19NO2. The maximum absolute atomic E-state index is 5.75. The summed E-state index contributed by atoms with van der Waals surface area (Å²) >= 11 is 0. The van der Waals surface area contributed by atoms with Gasteiger partial charge in [-0.15, -0.1) is 0 Å². The summed E-state index contributed by atoms with van der Waals surface area (Å²) in [5, 5.41) is 0. The van der Waals surface area contributed by atoms with E-state index in [1.807, 2.05) is 0 Å². The van der Waals surface area contributed by atoms with Crippen LogP contribution in [0.5, 0.6) is 11.5 Å². The Morgan fingerprint density at radius 1 is 1.16 bits per heavy atom. The van der Waals surface area contributed by atoms with Crippen LogP contribution in [0, 0.1) is 6.92 Å². The first-order valence-electron chi connectivity index (χ1n) is 6.97. The van der Waals surface area contributed by atoms with Gasteiger partial charge in [0.25, 0.3) is 0 Å². The molecule has 0 N–H and O–H groups in total. The molecule has 0 saturated heterocycles. The van der Waals surface area contributed by atoms with E-state index >= 15 is 0 Å². The maximum Gasteiger partial charge on any atom is 0.231 e. The van der Waals surface area contributed by atoms with E-state index in [1.54, 1.807) is 0 Å². The van der Waals surface area contributed by atoms with Crippen LogP contribution in [0.25, 0.3) is 0 Å². The number of nitrogens with zero attached hydrogens (tertiary/aromatic N) is 1. The van der Waals surface area contributed by atoms with Gasteiger partial charge in [0.15, 0.2) is 11.5 Å². The van der Waals surface area contributed by atoms with Gasteiger partial charge in [-0.2, -0.15) is 0 Å². The van der Waals surface area contributed by atoms with E-state index < -0.39 is 0 Å². The predicted octanol–water partition coefficient (Wildman–Crippen LogP) is 2.97. The highest BCUT2D eigenvalue weighted by Gasteiger charge is 2.38. The van der Waals surface area contributed by atoms with Crippen LogP contribution in [0.2, 0.25) is 0 Å². The fourth-order valence-electron chi connectivity index (χ4n) is 3.80. The molecule has 4 rings (SSSR count). The van der Waals surface area contributed by atoms with E-state index in [-0.39, 0.29) is 0 Å². The van der Waals surface area contributed by atoms with E-state index in [1.165, 1.54) is 22.3 Å². The Morgan fingerprint density at radius 2 is 1.95 bits per heavy atom. The van der Waals surface area contributed by atoms with Gasteiger partial charge in [-0.3, -0.25) is 4.90 Å².